The fraction of sp³-hybridized carbons (Fsp3) is 0.0204. The van der Waals surface area contributed by atoms with E-state index in [1.165, 1.54) is 44.2 Å². The van der Waals surface area contributed by atoms with E-state index in [-0.39, 0.29) is 0 Å². The first-order valence-electron chi connectivity index (χ1n) is 17.8. The van der Waals surface area contributed by atoms with Crippen LogP contribution in [0.3, 0.4) is 0 Å². The summed E-state index contributed by atoms with van der Waals surface area (Å²) in [5, 5.41) is 4.73. The van der Waals surface area contributed by atoms with Crippen LogP contribution in [0.5, 0.6) is 0 Å². The van der Waals surface area contributed by atoms with Crippen molar-refractivity contribution < 1.29 is 4.42 Å². The van der Waals surface area contributed by atoms with Crippen molar-refractivity contribution in [3.63, 3.8) is 0 Å². The Kier molecular flexibility index (Phi) is 7.21. The molecule has 0 bridgehead atoms. The smallest absolute Gasteiger partial charge is 0.137 e. The molecule has 10 rings (SSSR count). The van der Waals surface area contributed by atoms with Crippen molar-refractivity contribution in [3.05, 3.63) is 205 Å². The molecular formula is C49H34N2O. The van der Waals surface area contributed by atoms with E-state index in [1.807, 2.05) is 6.07 Å². The summed E-state index contributed by atoms with van der Waals surface area (Å²) >= 11 is 0. The molecule has 1 aliphatic rings. The topological polar surface area (TPSA) is 21.3 Å². The first kappa shape index (κ1) is 30.0. The molecule has 7 aromatic carbocycles. The second-order valence-corrected chi connectivity index (χ2v) is 13.3. The third-order valence-electron chi connectivity index (χ3n) is 10.2. The largest absolute Gasteiger partial charge is 0.456 e. The number of aromatic nitrogens is 1. The zero-order valence-electron chi connectivity index (χ0n) is 28.5. The van der Waals surface area contributed by atoms with Crippen LogP contribution in [0, 0.1) is 0 Å². The van der Waals surface area contributed by atoms with Crippen LogP contribution >= 0.6 is 0 Å². The fourth-order valence-electron chi connectivity index (χ4n) is 7.94. The van der Waals surface area contributed by atoms with E-state index < -0.39 is 0 Å². The van der Waals surface area contributed by atoms with Gasteiger partial charge in [-0.25, -0.2) is 0 Å². The van der Waals surface area contributed by atoms with Crippen molar-refractivity contribution in [2.24, 2.45) is 0 Å². The van der Waals surface area contributed by atoms with Crippen LogP contribution in [-0.2, 0) is 0 Å². The van der Waals surface area contributed by atoms with E-state index in [0.717, 1.165) is 51.0 Å². The lowest BCUT2D eigenvalue weighted by Crippen LogP contribution is -2.18. The fourth-order valence-corrected chi connectivity index (χ4v) is 7.94. The van der Waals surface area contributed by atoms with Gasteiger partial charge in [0.25, 0.3) is 0 Å². The van der Waals surface area contributed by atoms with Gasteiger partial charge in [-0.05, 0) is 71.3 Å². The number of fused-ring (bicyclic) bond motifs is 6. The van der Waals surface area contributed by atoms with Gasteiger partial charge in [0, 0.05) is 39.5 Å². The molecule has 0 spiro atoms. The number of anilines is 2. The molecule has 0 fully saturated rings. The molecule has 0 N–H and O–H groups in total. The van der Waals surface area contributed by atoms with Crippen LogP contribution in [0.2, 0.25) is 0 Å². The minimum Gasteiger partial charge on any atom is -0.456 e. The monoisotopic (exact) mass is 666 g/mol. The van der Waals surface area contributed by atoms with Gasteiger partial charge in [-0.15, -0.1) is 0 Å². The number of benzene rings is 7. The summed E-state index contributed by atoms with van der Waals surface area (Å²) in [6.07, 6.45) is 9.71. The maximum atomic E-state index is 6.41. The van der Waals surface area contributed by atoms with Gasteiger partial charge in [-0.1, -0.05) is 140 Å². The number of nitrogens with zero attached hydrogens (tertiary/aromatic N) is 2. The van der Waals surface area contributed by atoms with Crippen molar-refractivity contribution in [3.8, 4) is 16.8 Å². The van der Waals surface area contributed by atoms with Crippen molar-refractivity contribution >= 4 is 61.2 Å². The van der Waals surface area contributed by atoms with Gasteiger partial charge in [-0.2, -0.15) is 0 Å². The Morgan fingerprint density at radius 1 is 0.577 bits per heavy atom. The van der Waals surface area contributed by atoms with E-state index in [9.17, 15) is 0 Å². The second-order valence-electron chi connectivity index (χ2n) is 13.3. The predicted octanol–water partition coefficient (Wildman–Crippen LogP) is 13.4. The lowest BCUT2D eigenvalue weighted by Gasteiger charge is -2.30. The first-order valence-corrected chi connectivity index (χ1v) is 17.8. The van der Waals surface area contributed by atoms with Crippen LogP contribution < -0.4 is 4.90 Å². The number of allylic oxidation sites excluding steroid dienone is 4. The number of furan rings is 1. The molecule has 0 amide bonds. The van der Waals surface area contributed by atoms with Crippen LogP contribution in [-0.4, -0.2) is 4.57 Å². The second kappa shape index (κ2) is 12.5. The Bertz CT molecular complexity index is 2830. The van der Waals surface area contributed by atoms with Gasteiger partial charge >= 0.3 is 0 Å². The van der Waals surface area contributed by atoms with Gasteiger partial charge in [0.05, 0.1) is 27.8 Å². The molecule has 0 radical (unpaired) electrons. The van der Waals surface area contributed by atoms with E-state index in [1.54, 1.807) is 0 Å². The lowest BCUT2D eigenvalue weighted by molar-refractivity contribution is 0.669. The Balaban J connectivity index is 1.17. The predicted molar refractivity (Wildman–Crippen MR) is 218 cm³/mol. The highest BCUT2D eigenvalue weighted by Gasteiger charge is 2.23. The highest BCUT2D eigenvalue weighted by Crippen LogP contribution is 2.44. The molecular weight excluding hydrogens is 633 g/mol. The quantitative estimate of drug-likeness (QED) is 0.176. The van der Waals surface area contributed by atoms with Crippen molar-refractivity contribution in [2.75, 3.05) is 4.90 Å². The highest BCUT2D eigenvalue weighted by atomic mass is 16.3. The maximum absolute atomic E-state index is 6.41. The zero-order valence-corrected chi connectivity index (χ0v) is 28.5. The normalized spacial score (nSPS) is 13.8. The maximum Gasteiger partial charge on any atom is 0.137 e. The average molecular weight is 667 g/mol. The SMILES string of the molecule is C1=C/C(=C/c2ccccc2)CC(N(c2cccc(-c3ccccc3-n3c4ccccc4c4ccccc43)c2)c2cccc3oc4ccccc4c23)=C1. The molecule has 2 heterocycles. The summed E-state index contributed by atoms with van der Waals surface area (Å²) in [6, 6.07) is 60.5. The standard InChI is InChI=1S/C49H34N2O/c1-2-15-34(16-3-1)31-35-17-12-19-37(32-35)50(46-28-14-30-48-49(46)42-24-7-11-29-47(42)52-48)38-20-13-18-36(33-38)39-21-4-8-25-43(39)51-44-26-9-5-22-40(44)41-23-6-10-27-45(41)51/h1-31,33H,32H2/b35-31-. The van der Waals surface area contributed by atoms with Crippen LogP contribution in [0.25, 0.3) is 66.6 Å². The Morgan fingerprint density at radius 3 is 2.08 bits per heavy atom. The molecule has 0 unspecified atom stereocenters. The minimum absolute atomic E-state index is 0.778. The molecule has 9 aromatic rings. The molecule has 0 aliphatic heterocycles. The van der Waals surface area contributed by atoms with Crippen LogP contribution in [0.4, 0.5) is 11.4 Å². The molecule has 52 heavy (non-hydrogen) atoms. The number of hydrogen-bond acceptors (Lipinski definition) is 2. The van der Waals surface area contributed by atoms with E-state index in [2.05, 4.69) is 198 Å². The minimum atomic E-state index is 0.778. The molecule has 246 valence electrons. The average Bonchev–Trinajstić information content (AvgIpc) is 3.75. The Labute approximate surface area is 302 Å². The van der Waals surface area contributed by atoms with Crippen molar-refractivity contribution in [2.45, 2.75) is 6.42 Å². The van der Waals surface area contributed by atoms with Gasteiger partial charge in [0.2, 0.25) is 0 Å². The molecule has 3 heteroatoms. The zero-order chi connectivity index (χ0) is 34.4. The number of hydrogen-bond donors (Lipinski definition) is 0. The molecule has 3 nitrogen and oxygen atoms in total. The molecule has 0 saturated carbocycles. The summed E-state index contributed by atoms with van der Waals surface area (Å²) in [5.41, 5.74) is 13.5. The third-order valence-corrected chi connectivity index (χ3v) is 10.2. The van der Waals surface area contributed by atoms with Gasteiger partial charge in [-0.3, -0.25) is 0 Å². The highest BCUT2D eigenvalue weighted by molar-refractivity contribution is 6.13. The molecule has 0 saturated heterocycles. The number of para-hydroxylation sites is 4. The van der Waals surface area contributed by atoms with Gasteiger partial charge in [0.1, 0.15) is 11.2 Å². The third kappa shape index (κ3) is 5.06. The van der Waals surface area contributed by atoms with Gasteiger partial charge < -0.3 is 13.9 Å². The van der Waals surface area contributed by atoms with E-state index in [4.69, 9.17) is 4.42 Å². The lowest BCUT2D eigenvalue weighted by atomic mass is 9.98. The molecule has 2 aromatic heterocycles. The van der Waals surface area contributed by atoms with E-state index >= 15 is 0 Å². The Morgan fingerprint density at radius 2 is 1.25 bits per heavy atom. The van der Waals surface area contributed by atoms with Crippen LogP contribution in [0.1, 0.15) is 12.0 Å². The first-order chi connectivity index (χ1) is 25.8. The molecule has 1 aliphatic carbocycles. The van der Waals surface area contributed by atoms with Crippen molar-refractivity contribution in [1.29, 1.82) is 0 Å². The summed E-state index contributed by atoms with van der Waals surface area (Å²) in [5.74, 6) is 0. The summed E-state index contributed by atoms with van der Waals surface area (Å²) in [6.45, 7) is 0. The van der Waals surface area contributed by atoms with Gasteiger partial charge in [0.15, 0.2) is 0 Å². The van der Waals surface area contributed by atoms with E-state index in [0.29, 0.717) is 0 Å². The summed E-state index contributed by atoms with van der Waals surface area (Å²) in [7, 11) is 0. The van der Waals surface area contributed by atoms with Crippen molar-refractivity contribution in [1.82, 2.24) is 4.57 Å². The summed E-state index contributed by atoms with van der Waals surface area (Å²) in [4.78, 5) is 2.43. The Hall–Kier alpha value is -6.84. The van der Waals surface area contributed by atoms with Crippen LogP contribution in [0.15, 0.2) is 204 Å². The summed E-state index contributed by atoms with van der Waals surface area (Å²) < 4.78 is 8.83. The number of rotatable bonds is 6. The molecule has 0 atom stereocenters.